The first-order valence-electron chi connectivity index (χ1n) is 8.23. The van der Waals surface area contributed by atoms with E-state index in [9.17, 15) is 0 Å². The Morgan fingerprint density at radius 3 is 2.26 bits per heavy atom. The molecule has 1 N–H and O–H groups in total. The zero-order valence-electron chi connectivity index (χ0n) is 14.7. The van der Waals surface area contributed by atoms with Crippen LogP contribution in [0.3, 0.4) is 0 Å². The molecule has 1 unspecified atom stereocenters. The van der Waals surface area contributed by atoms with Crippen LogP contribution in [0.5, 0.6) is 0 Å². The van der Waals surface area contributed by atoms with E-state index in [-0.39, 0.29) is 6.04 Å². The maximum Gasteiger partial charge on any atom is 0.149 e. The number of aryl methyl sites for hydroxylation is 1. The molecule has 124 valence electrons. The Labute approximate surface area is 145 Å². The van der Waals surface area contributed by atoms with Gasteiger partial charge in [0.15, 0.2) is 0 Å². The van der Waals surface area contributed by atoms with Crippen LogP contribution in [0.1, 0.15) is 37.6 Å². The Hall–Kier alpha value is -1.39. The highest BCUT2D eigenvalue weighted by molar-refractivity contribution is 6.88. The van der Waals surface area contributed by atoms with Crippen molar-refractivity contribution in [2.45, 2.75) is 52.4 Å². The quantitative estimate of drug-likeness (QED) is 0.762. The molecule has 0 aliphatic carbocycles. The number of aromatic nitrogens is 2. The van der Waals surface area contributed by atoms with Crippen LogP contribution >= 0.6 is 11.6 Å². The van der Waals surface area contributed by atoms with Gasteiger partial charge in [-0.25, -0.2) is 9.97 Å². The molecule has 23 heavy (non-hydrogen) atoms. The summed E-state index contributed by atoms with van der Waals surface area (Å²) in [6.45, 7) is 11.3. The Balaban J connectivity index is 2.24. The Morgan fingerprint density at radius 2 is 1.74 bits per heavy atom. The van der Waals surface area contributed by atoms with Crippen molar-refractivity contribution in [3.63, 3.8) is 0 Å². The predicted molar refractivity (Wildman–Crippen MR) is 102 cm³/mol. The third-order valence-electron chi connectivity index (χ3n) is 4.09. The molecule has 2 aromatic rings. The van der Waals surface area contributed by atoms with Gasteiger partial charge in [-0.05, 0) is 18.4 Å². The fourth-order valence-electron chi connectivity index (χ4n) is 2.55. The Kier molecular flexibility index (Phi) is 5.82. The lowest BCUT2D eigenvalue weighted by molar-refractivity contribution is 0.743. The second kappa shape index (κ2) is 7.45. The number of rotatable bonds is 6. The van der Waals surface area contributed by atoms with Crippen LogP contribution in [0.4, 0.5) is 5.82 Å². The fourth-order valence-corrected chi connectivity index (χ4v) is 4.01. The summed E-state index contributed by atoms with van der Waals surface area (Å²) in [6, 6.07) is 9.19. The molecular formula is C18H26ClN3Si. The summed E-state index contributed by atoms with van der Waals surface area (Å²) in [5.74, 6) is 0.722. The molecule has 0 spiro atoms. The number of nitrogens with zero attached hydrogens (tertiary/aromatic N) is 2. The molecule has 5 heteroatoms. The van der Waals surface area contributed by atoms with E-state index in [4.69, 9.17) is 11.6 Å². The minimum Gasteiger partial charge on any atom is -0.362 e. The van der Waals surface area contributed by atoms with E-state index >= 15 is 0 Å². The smallest absolute Gasteiger partial charge is 0.149 e. The summed E-state index contributed by atoms with van der Waals surface area (Å²) in [6.07, 6.45) is 3.35. The first kappa shape index (κ1) is 18.0. The molecule has 0 saturated carbocycles. The van der Waals surface area contributed by atoms with Crippen LogP contribution in [0, 0.1) is 0 Å². The molecular weight excluding hydrogens is 322 g/mol. The van der Waals surface area contributed by atoms with Crippen molar-refractivity contribution in [3.8, 4) is 0 Å². The lowest BCUT2D eigenvalue weighted by Crippen LogP contribution is -2.37. The molecule has 0 saturated heterocycles. The summed E-state index contributed by atoms with van der Waals surface area (Å²) in [4.78, 5) is 8.53. The second-order valence-corrected chi connectivity index (χ2v) is 12.3. The van der Waals surface area contributed by atoms with Crippen molar-refractivity contribution >= 4 is 30.7 Å². The maximum absolute atomic E-state index is 6.40. The average Bonchev–Trinajstić information content (AvgIpc) is 2.53. The number of hydrogen-bond acceptors (Lipinski definition) is 3. The van der Waals surface area contributed by atoms with Gasteiger partial charge in [-0.2, -0.15) is 0 Å². The monoisotopic (exact) mass is 347 g/mol. The highest BCUT2D eigenvalue weighted by Crippen LogP contribution is 2.27. The number of halogens is 1. The summed E-state index contributed by atoms with van der Waals surface area (Å²) in [7, 11) is -1.26. The SMILES string of the molecule is CCc1ncnc(NC(CC)c2ccc([Si](C)(C)C)cc2)c1Cl. The predicted octanol–water partition coefficient (Wildman–Crippen LogP) is 4.80. The van der Waals surface area contributed by atoms with Crippen molar-refractivity contribution in [1.29, 1.82) is 0 Å². The lowest BCUT2D eigenvalue weighted by atomic mass is 10.0. The van der Waals surface area contributed by atoms with E-state index in [0.717, 1.165) is 24.4 Å². The molecule has 0 amide bonds. The van der Waals surface area contributed by atoms with Gasteiger partial charge in [0, 0.05) is 0 Å². The summed E-state index contributed by atoms with van der Waals surface area (Å²) < 4.78 is 0. The fraction of sp³-hybridized carbons (Fsp3) is 0.444. The molecule has 0 radical (unpaired) electrons. The van der Waals surface area contributed by atoms with E-state index in [1.807, 2.05) is 6.92 Å². The first-order chi connectivity index (χ1) is 10.9. The van der Waals surface area contributed by atoms with Gasteiger partial charge in [0.1, 0.15) is 17.2 Å². The van der Waals surface area contributed by atoms with Crippen molar-refractivity contribution in [3.05, 3.63) is 46.9 Å². The van der Waals surface area contributed by atoms with Crippen LogP contribution < -0.4 is 10.5 Å². The van der Waals surface area contributed by atoms with Gasteiger partial charge in [-0.3, -0.25) is 0 Å². The molecule has 0 bridgehead atoms. The number of anilines is 1. The van der Waals surface area contributed by atoms with Gasteiger partial charge < -0.3 is 5.32 Å². The minimum absolute atomic E-state index is 0.197. The molecule has 1 aromatic carbocycles. The molecule has 2 rings (SSSR count). The molecule has 0 fully saturated rings. The average molecular weight is 348 g/mol. The number of nitrogens with one attached hydrogen (secondary N) is 1. The highest BCUT2D eigenvalue weighted by Gasteiger charge is 2.18. The molecule has 1 aromatic heterocycles. The lowest BCUT2D eigenvalue weighted by Gasteiger charge is -2.21. The highest BCUT2D eigenvalue weighted by atomic mass is 35.5. The van der Waals surface area contributed by atoms with Crippen molar-refractivity contribution in [2.75, 3.05) is 5.32 Å². The Bertz CT molecular complexity index is 650. The summed E-state index contributed by atoms with van der Waals surface area (Å²) >= 11 is 6.40. The normalized spacial score (nSPS) is 13.0. The largest absolute Gasteiger partial charge is 0.362 e. The van der Waals surface area contributed by atoms with Gasteiger partial charge >= 0.3 is 0 Å². The van der Waals surface area contributed by atoms with Crippen LogP contribution in [0.25, 0.3) is 0 Å². The molecule has 0 aliphatic heterocycles. The first-order valence-corrected chi connectivity index (χ1v) is 12.1. The van der Waals surface area contributed by atoms with Crippen molar-refractivity contribution in [2.24, 2.45) is 0 Å². The molecule has 1 heterocycles. The molecule has 0 aliphatic rings. The van der Waals surface area contributed by atoms with Gasteiger partial charge in [0.25, 0.3) is 0 Å². The number of hydrogen-bond donors (Lipinski definition) is 1. The summed E-state index contributed by atoms with van der Waals surface area (Å²) in [5, 5.41) is 5.58. The van der Waals surface area contributed by atoms with Crippen molar-refractivity contribution < 1.29 is 0 Å². The van der Waals surface area contributed by atoms with Crippen LogP contribution in [0.15, 0.2) is 30.6 Å². The van der Waals surface area contributed by atoms with Crippen molar-refractivity contribution in [1.82, 2.24) is 9.97 Å². The second-order valence-electron chi connectivity index (χ2n) is 6.81. The van der Waals surface area contributed by atoms with Gasteiger partial charge in [-0.15, -0.1) is 0 Å². The molecule has 1 atom stereocenters. The standard InChI is InChI=1S/C18H26ClN3Si/c1-6-15(13-8-10-14(11-9-13)23(3,4)5)22-18-17(19)16(7-2)20-12-21-18/h8-12,15H,6-7H2,1-5H3,(H,20,21,22). The van der Waals surface area contributed by atoms with Crippen LogP contribution in [-0.4, -0.2) is 18.0 Å². The van der Waals surface area contributed by atoms with E-state index in [2.05, 4.69) is 66.1 Å². The molecule has 3 nitrogen and oxygen atoms in total. The summed E-state index contributed by atoms with van der Waals surface area (Å²) in [5.41, 5.74) is 2.15. The maximum atomic E-state index is 6.40. The zero-order valence-corrected chi connectivity index (χ0v) is 16.4. The van der Waals surface area contributed by atoms with E-state index in [0.29, 0.717) is 5.02 Å². The third-order valence-corrected chi connectivity index (χ3v) is 6.56. The minimum atomic E-state index is -1.26. The number of benzene rings is 1. The zero-order chi connectivity index (χ0) is 17.0. The van der Waals surface area contributed by atoms with Gasteiger partial charge in [0.05, 0.1) is 19.8 Å². The van der Waals surface area contributed by atoms with Crippen LogP contribution in [-0.2, 0) is 6.42 Å². The van der Waals surface area contributed by atoms with Gasteiger partial charge in [0.2, 0.25) is 0 Å². The third kappa shape index (κ3) is 4.33. The van der Waals surface area contributed by atoms with E-state index in [1.165, 1.54) is 10.8 Å². The van der Waals surface area contributed by atoms with Crippen LogP contribution in [0.2, 0.25) is 24.7 Å². The van der Waals surface area contributed by atoms with E-state index in [1.54, 1.807) is 6.33 Å². The topological polar surface area (TPSA) is 37.8 Å². The van der Waals surface area contributed by atoms with Gasteiger partial charge in [-0.1, -0.05) is 74.5 Å². The Morgan fingerprint density at radius 1 is 1.09 bits per heavy atom. The van der Waals surface area contributed by atoms with E-state index < -0.39 is 8.07 Å².